The van der Waals surface area contributed by atoms with Crippen molar-refractivity contribution in [2.45, 2.75) is 6.92 Å². The van der Waals surface area contributed by atoms with Gasteiger partial charge >= 0.3 is 0 Å². The summed E-state index contributed by atoms with van der Waals surface area (Å²) < 4.78 is 21.6. The Kier molecular flexibility index (Phi) is 6.98. The predicted molar refractivity (Wildman–Crippen MR) is 116 cm³/mol. The first-order valence-electron chi connectivity index (χ1n) is 8.95. The van der Waals surface area contributed by atoms with E-state index in [-0.39, 0.29) is 11.5 Å². The highest BCUT2D eigenvalue weighted by Crippen LogP contribution is 2.47. The number of methoxy groups -OCH3 is 4. The molecule has 0 aliphatic heterocycles. The number of nitrogens with two attached hydrogens (primary N) is 1. The van der Waals surface area contributed by atoms with E-state index in [2.05, 4.69) is 0 Å². The number of carbonyl (C=O) groups is 1. The summed E-state index contributed by atoms with van der Waals surface area (Å²) in [6.07, 6.45) is 1.78. The number of ketones is 1. The molecule has 0 heterocycles. The molecule has 0 amide bonds. The quantitative estimate of drug-likeness (QED) is 0.411. The van der Waals surface area contributed by atoms with Crippen LogP contribution in [0.5, 0.6) is 23.0 Å². The molecule has 0 unspecified atom stereocenters. The number of hydrogen-bond donors (Lipinski definition) is 1. The van der Waals surface area contributed by atoms with E-state index < -0.39 is 0 Å². The number of nitrogen functional groups attached to an aromatic ring is 1. The molecule has 0 spiro atoms. The summed E-state index contributed by atoms with van der Waals surface area (Å²) in [5.74, 6) is 1.09. The second kappa shape index (κ2) is 9.23. The van der Waals surface area contributed by atoms with Gasteiger partial charge in [-0.25, -0.2) is 0 Å². The van der Waals surface area contributed by atoms with Gasteiger partial charge in [0.15, 0.2) is 17.3 Å². The second-order valence-electron chi connectivity index (χ2n) is 6.60. The van der Waals surface area contributed by atoms with Crippen molar-refractivity contribution in [2.75, 3.05) is 53.2 Å². The number of hydrogen-bond acceptors (Lipinski definition) is 7. The fourth-order valence-electron chi connectivity index (χ4n) is 3.10. The molecular weight excluding hydrogens is 372 g/mol. The number of rotatable bonds is 8. The van der Waals surface area contributed by atoms with Crippen LogP contribution in [0, 0.1) is 0 Å². The smallest absolute Gasteiger partial charge is 0.208 e. The van der Waals surface area contributed by atoms with Gasteiger partial charge in [0, 0.05) is 14.1 Å². The van der Waals surface area contributed by atoms with Gasteiger partial charge < -0.3 is 29.6 Å². The minimum atomic E-state index is -0.226. The van der Waals surface area contributed by atoms with Crippen molar-refractivity contribution < 1.29 is 23.7 Å². The van der Waals surface area contributed by atoms with Crippen LogP contribution in [-0.2, 0) is 0 Å². The molecule has 0 bridgehead atoms. The minimum absolute atomic E-state index is 0.226. The molecule has 0 aliphatic rings. The van der Waals surface area contributed by atoms with Crippen LogP contribution >= 0.6 is 0 Å². The number of nitrogens with zero attached hydrogens (tertiary/aromatic N) is 1. The average Bonchev–Trinajstić information content (AvgIpc) is 2.70. The third kappa shape index (κ3) is 4.39. The molecule has 156 valence electrons. The van der Waals surface area contributed by atoms with Gasteiger partial charge in [-0.2, -0.15) is 0 Å². The van der Waals surface area contributed by atoms with Crippen molar-refractivity contribution in [3.8, 4) is 23.0 Å². The molecule has 0 aliphatic carbocycles. The Morgan fingerprint density at radius 2 is 1.55 bits per heavy atom. The summed E-state index contributed by atoms with van der Waals surface area (Å²) in [5, 5.41) is 0. The highest BCUT2D eigenvalue weighted by atomic mass is 16.5. The topological polar surface area (TPSA) is 83.3 Å². The number of allylic oxidation sites excluding steroid dienone is 1. The Morgan fingerprint density at radius 3 is 2.03 bits per heavy atom. The maximum atomic E-state index is 13.2. The summed E-state index contributed by atoms with van der Waals surface area (Å²) in [5.41, 5.74) is 9.31. The van der Waals surface area contributed by atoms with Crippen molar-refractivity contribution in [3.05, 3.63) is 41.0 Å². The Labute approximate surface area is 171 Å². The van der Waals surface area contributed by atoms with E-state index in [0.717, 1.165) is 11.3 Å². The average molecular weight is 400 g/mol. The third-order valence-electron chi connectivity index (χ3n) is 4.51. The molecule has 2 aromatic rings. The summed E-state index contributed by atoms with van der Waals surface area (Å²) in [7, 11) is 9.79. The lowest BCUT2D eigenvalue weighted by atomic mass is 9.99. The van der Waals surface area contributed by atoms with E-state index in [4.69, 9.17) is 24.7 Å². The normalized spacial score (nSPS) is 11.1. The zero-order valence-corrected chi connectivity index (χ0v) is 18.0. The molecular formula is C22H28N2O5. The molecule has 0 atom stereocenters. The lowest BCUT2D eigenvalue weighted by molar-refractivity contribution is 0.103. The number of benzene rings is 2. The van der Waals surface area contributed by atoms with Crippen LogP contribution in [0.3, 0.4) is 0 Å². The lowest BCUT2D eigenvalue weighted by Crippen LogP contribution is -2.11. The van der Waals surface area contributed by atoms with Crippen molar-refractivity contribution in [2.24, 2.45) is 0 Å². The van der Waals surface area contributed by atoms with E-state index in [1.54, 1.807) is 19.1 Å². The molecule has 7 heteroatoms. The van der Waals surface area contributed by atoms with E-state index in [1.165, 1.54) is 28.4 Å². The molecule has 7 nitrogen and oxygen atoms in total. The highest BCUT2D eigenvalue weighted by Gasteiger charge is 2.25. The number of carbonyl (C=O) groups excluding carboxylic acids is 1. The van der Waals surface area contributed by atoms with Crippen LogP contribution < -0.4 is 29.6 Å². The van der Waals surface area contributed by atoms with Crippen LogP contribution in [-0.4, -0.2) is 48.3 Å². The van der Waals surface area contributed by atoms with Gasteiger partial charge in [0.25, 0.3) is 0 Å². The fourth-order valence-corrected chi connectivity index (χ4v) is 3.10. The SMILES string of the molecule is COc1cc(C(=O)C(C)=Cc2ccc(N(C)C)c(N)c2)c(OC)c(OC)c1OC. The van der Waals surface area contributed by atoms with Crippen LogP contribution in [0.1, 0.15) is 22.8 Å². The van der Waals surface area contributed by atoms with Gasteiger partial charge in [-0.15, -0.1) is 0 Å². The maximum Gasteiger partial charge on any atom is 0.208 e. The van der Waals surface area contributed by atoms with Gasteiger partial charge in [0.2, 0.25) is 11.5 Å². The maximum absolute atomic E-state index is 13.2. The molecule has 0 radical (unpaired) electrons. The summed E-state index contributed by atoms with van der Waals surface area (Å²) in [6, 6.07) is 7.25. The summed E-state index contributed by atoms with van der Waals surface area (Å²) >= 11 is 0. The van der Waals surface area contributed by atoms with Gasteiger partial charge in [-0.3, -0.25) is 4.79 Å². The zero-order valence-electron chi connectivity index (χ0n) is 18.0. The van der Waals surface area contributed by atoms with Crippen molar-refractivity contribution >= 4 is 23.2 Å². The first-order chi connectivity index (χ1) is 13.8. The highest BCUT2D eigenvalue weighted by molar-refractivity contribution is 6.13. The van der Waals surface area contributed by atoms with Crippen molar-refractivity contribution in [1.29, 1.82) is 0 Å². The molecule has 0 aromatic heterocycles. The summed E-state index contributed by atoms with van der Waals surface area (Å²) in [4.78, 5) is 15.1. The van der Waals surface area contributed by atoms with Gasteiger partial charge in [0.1, 0.15) is 0 Å². The standard InChI is InChI=1S/C22H28N2O5/c1-13(10-14-8-9-17(24(2)3)16(23)11-14)19(25)15-12-18(26-4)21(28-6)22(29-7)20(15)27-5/h8-12H,23H2,1-7H3. The largest absolute Gasteiger partial charge is 0.493 e. The Hall–Kier alpha value is -3.35. The van der Waals surface area contributed by atoms with Gasteiger partial charge in [-0.05, 0) is 42.3 Å². The van der Waals surface area contributed by atoms with Crippen LogP contribution in [0.4, 0.5) is 11.4 Å². The lowest BCUT2D eigenvalue weighted by Gasteiger charge is -2.18. The summed E-state index contributed by atoms with van der Waals surface area (Å²) in [6.45, 7) is 1.74. The van der Waals surface area contributed by atoms with Crippen LogP contribution in [0.25, 0.3) is 6.08 Å². The van der Waals surface area contributed by atoms with Gasteiger partial charge in [-0.1, -0.05) is 6.07 Å². The molecule has 2 aromatic carbocycles. The number of ether oxygens (including phenoxy) is 4. The molecule has 2 rings (SSSR count). The first-order valence-corrected chi connectivity index (χ1v) is 8.95. The number of Topliss-reactive ketones (excluding diaryl/α,β-unsaturated/α-hetero) is 1. The van der Waals surface area contributed by atoms with Crippen molar-refractivity contribution in [1.82, 2.24) is 0 Å². The Balaban J connectivity index is 2.53. The van der Waals surface area contributed by atoms with Crippen molar-refractivity contribution in [3.63, 3.8) is 0 Å². The fraction of sp³-hybridized carbons (Fsp3) is 0.318. The molecule has 29 heavy (non-hydrogen) atoms. The molecule has 0 saturated heterocycles. The van der Waals surface area contributed by atoms with E-state index in [1.807, 2.05) is 37.2 Å². The van der Waals surface area contributed by atoms with Crippen LogP contribution in [0.15, 0.2) is 29.8 Å². The Morgan fingerprint density at radius 1 is 0.931 bits per heavy atom. The van der Waals surface area contributed by atoms with E-state index in [9.17, 15) is 4.79 Å². The van der Waals surface area contributed by atoms with E-state index >= 15 is 0 Å². The molecule has 2 N–H and O–H groups in total. The second-order valence-corrected chi connectivity index (χ2v) is 6.60. The molecule has 0 saturated carbocycles. The molecule has 0 fully saturated rings. The predicted octanol–water partition coefficient (Wildman–Crippen LogP) is 3.66. The zero-order chi connectivity index (χ0) is 21.7. The third-order valence-corrected chi connectivity index (χ3v) is 4.51. The van der Waals surface area contributed by atoms with E-state index in [0.29, 0.717) is 34.1 Å². The Bertz CT molecular complexity index is 935. The number of anilines is 2. The van der Waals surface area contributed by atoms with Gasteiger partial charge in [0.05, 0.1) is 45.4 Å². The minimum Gasteiger partial charge on any atom is -0.493 e. The van der Waals surface area contributed by atoms with Crippen LogP contribution in [0.2, 0.25) is 0 Å². The first kappa shape index (κ1) is 21.9. The monoisotopic (exact) mass is 400 g/mol.